The topological polar surface area (TPSA) is 29.1 Å². The van der Waals surface area contributed by atoms with Crippen LogP contribution in [0, 0.1) is 20.8 Å². The van der Waals surface area contributed by atoms with Gasteiger partial charge in [-0.25, -0.2) is 0 Å². The Hall–Kier alpha value is -2.09. The van der Waals surface area contributed by atoms with Gasteiger partial charge in [-0.2, -0.15) is 0 Å². The molecule has 116 valence electrons. The maximum atomic E-state index is 12.4. The van der Waals surface area contributed by atoms with Crippen LogP contribution in [0.5, 0.6) is 0 Å². The molecule has 1 atom stereocenters. The number of hydrogen-bond donors (Lipinski definition) is 1. The van der Waals surface area contributed by atoms with E-state index in [0.29, 0.717) is 6.42 Å². The number of aryl methyl sites for hydroxylation is 3. The number of amides is 1. The van der Waals surface area contributed by atoms with Gasteiger partial charge in [0.2, 0.25) is 5.91 Å². The first-order valence-corrected chi connectivity index (χ1v) is 7.92. The molecule has 1 amide bonds. The number of rotatable bonds is 5. The summed E-state index contributed by atoms with van der Waals surface area (Å²) in [6, 6.07) is 14.6. The summed E-state index contributed by atoms with van der Waals surface area (Å²) in [6.45, 7) is 8.33. The van der Waals surface area contributed by atoms with Crippen LogP contribution in [0.15, 0.2) is 42.5 Å². The standard InChI is InChI=1S/C20H25NO/c1-5-19(18-9-7-6-8-15(18)3)21-20(22)13-17-11-10-14(2)12-16(17)4/h6-12,19H,5,13H2,1-4H3,(H,21,22)/t19-/m0/s1. The van der Waals surface area contributed by atoms with Crippen molar-refractivity contribution in [2.45, 2.75) is 46.6 Å². The van der Waals surface area contributed by atoms with Gasteiger partial charge < -0.3 is 5.32 Å². The minimum atomic E-state index is 0.0828. The van der Waals surface area contributed by atoms with Crippen LogP contribution in [0.2, 0.25) is 0 Å². The molecule has 0 radical (unpaired) electrons. The van der Waals surface area contributed by atoms with Crippen molar-refractivity contribution in [3.8, 4) is 0 Å². The highest BCUT2D eigenvalue weighted by Gasteiger charge is 2.15. The Labute approximate surface area is 133 Å². The SMILES string of the molecule is CC[C@H](NC(=O)Cc1ccc(C)cc1C)c1ccccc1C. The lowest BCUT2D eigenvalue weighted by Gasteiger charge is -2.20. The first-order chi connectivity index (χ1) is 10.5. The highest BCUT2D eigenvalue weighted by Crippen LogP contribution is 2.20. The van der Waals surface area contributed by atoms with Gasteiger partial charge in [0.25, 0.3) is 0 Å². The Bertz CT molecular complexity index is 661. The lowest BCUT2D eigenvalue weighted by Crippen LogP contribution is -2.30. The average molecular weight is 295 g/mol. The Morgan fingerprint density at radius 3 is 2.41 bits per heavy atom. The fourth-order valence-electron chi connectivity index (χ4n) is 2.84. The third-order valence-corrected chi connectivity index (χ3v) is 4.16. The van der Waals surface area contributed by atoms with Gasteiger partial charge in [0.05, 0.1) is 12.5 Å². The predicted molar refractivity (Wildman–Crippen MR) is 92.0 cm³/mol. The fourth-order valence-corrected chi connectivity index (χ4v) is 2.84. The van der Waals surface area contributed by atoms with Gasteiger partial charge in [0.1, 0.15) is 0 Å². The lowest BCUT2D eigenvalue weighted by atomic mass is 9.98. The lowest BCUT2D eigenvalue weighted by molar-refractivity contribution is -0.121. The normalized spacial score (nSPS) is 12.0. The van der Waals surface area contributed by atoms with E-state index in [1.165, 1.54) is 22.3 Å². The zero-order chi connectivity index (χ0) is 16.1. The van der Waals surface area contributed by atoms with Gasteiger partial charge in [0.15, 0.2) is 0 Å². The highest BCUT2D eigenvalue weighted by molar-refractivity contribution is 5.79. The number of nitrogens with one attached hydrogen (secondary N) is 1. The summed E-state index contributed by atoms with van der Waals surface area (Å²) in [4.78, 5) is 12.4. The number of hydrogen-bond acceptors (Lipinski definition) is 1. The number of carbonyl (C=O) groups excluding carboxylic acids is 1. The van der Waals surface area contributed by atoms with Crippen molar-refractivity contribution < 1.29 is 4.79 Å². The van der Waals surface area contributed by atoms with Crippen LogP contribution in [0.25, 0.3) is 0 Å². The van der Waals surface area contributed by atoms with Gasteiger partial charge in [-0.05, 0) is 49.4 Å². The minimum Gasteiger partial charge on any atom is -0.349 e. The molecule has 2 aromatic carbocycles. The molecule has 0 aliphatic rings. The van der Waals surface area contributed by atoms with E-state index in [1.807, 2.05) is 12.1 Å². The van der Waals surface area contributed by atoms with Crippen LogP contribution in [-0.2, 0) is 11.2 Å². The molecule has 0 unspecified atom stereocenters. The molecule has 22 heavy (non-hydrogen) atoms. The molecular formula is C20H25NO. The first-order valence-electron chi connectivity index (χ1n) is 7.92. The predicted octanol–water partition coefficient (Wildman–Crippen LogP) is 4.42. The van der Waals surface area contributed by atoms with Crippen molar-refractivity contribution in [1.29, 1.82) is 0 Å². The summed E-state index contributed by atoms with van der Waals surface area (Å²) in [5, 5.41) is 3.18. The maximum absolute atomic E-state index is 12.4. The van der Waals surface area contributed by atoms with E-state index in [9.17, 15) is 4.79 Å². The van der Waals surface area contributed by atoms with E-state index in [0.717, 1.165) is 12.0 Å². The van der Waals surface area contributed by atoms with Crippen LogP contribution < -0.4 is 5.32 Å². The molecule has 2 nitrogen and oxygen atoms in total. The fraction of sp³-hybridized carbons (Fsp3) is 0.350. The van der Waals surface area contributed by atoms with E-state index in [1.54, 1.807) is 0 Å². The zero-order valence-electron chi connectivity index (χ0n) is 13.9. The summed E-state index contributed by atoms with van der Waals surface area (Å²) < 4.78 is 0. The van der Waals surface area contributed by atoms with E-state index in [2.05, 4.69) is 63.3 Å². The van der Waals surface area contributed by atoms with Crippen LogP contribution in [0.1, 0.15) is 47.2 Å². The molecule has 2 rings (SSSR count). The molecule has 1 N–H and O–H groups in total. The third kappa shape index (κ3) is 3.97. The maximum Gasteiger partial charge on any atom is 0.224 e. The molecule has 0 saturated heterocycles. The molecule has 0 fully saturated rings. The Morgan fingerprint density at radius 2 is 1.77 bits per heavy atom. The van der Waals surface area contributed by atoms with Crippen molar-refractivity contribution in [3.05, 3.63) is 70.3 Å². The second kappa shape index (κ2) is 7.26. The third-order valence-electron chi connectivity index (χ3n) is 4.16. The molecule has 2 heteroatoms. The Morgan fingerprint density at radius 1 is 1.05 bits per heavy atom. The summed E-state index contributed by atoms with van der Waals surface area (Å²) in [5.41, 5.74) is 5.94. The van der Waals surface area contributed by atoms with Gasteiger partial charge in [-0.15, -0.1) is 0 Å². The Kier molecular flexibility index (Phi) is 5.37. The molecule has 0 bridgehead atoms. The van der Waals surface area contributed by atoms with Gasteiger partial charge in [-0.1, -0.05) is 55.0 Å². The van der Waals surface area contributed by atoms with Gasteiger partial charge in [0, 0.05) is 0 Å². The quantitative estimate of drug-likeness (QED) is 0.869. The molecule has 0 saturated carbocycles. The summed E-state index contributed by atoms with van der Waals surface area (Å²) in [5.74, 6) is 0.0852. The van der Waals surface area contributed by atoms with Crippen LogP contribution in [-0.4, -0.2) is 5.91 Å². The smallest absolute Gasteiger partial charge is 0.224 e. The van der Waals surface area contributed by atoms with Crippen LogP contribution >= 0.6 is 0 Å². The second-order valence-electron chi connectivity index (χ2n) is 5.99. The molecule has 0 aromatic heterocycles. The Balaban J connectivity index is 2.08. The summed E-state index contributed by atoms with van der Waals surface area (Å²) in [7, 11) is 0. The van der Waals surface area contributed by atoms with E-state index in [4.69, 9.17) is 0 Å². The van der Waals surface area contributed by atoms with Gasteiger partial charge >= 0.3 is 0 Å². The van der Waals surface area contributed by atoms with Crippen LogP contribution in [0.3, 0.4) is 0 Å². The van der Waals surface area contributed by atoms with E-state index in [-0.39, 0.29) is 11.9 Å². The summed E-state index contributed by atoms with van der Waals surface area (Å²) in [6.07, 6.45) is 1.33. The van der Waals surface area contributed by atoms with Crippen molar-refractivity contribution in [2.75, 3.05) is 0 Å². The van der Waals surface area contributed by atoms with Gasteiger partial charge in [-0.3, -0.25) is 4.79 Å². The summed E-state index contributed by atoms with van der Waals surface area (Å²) >= 11 is 0. The van der Waals surface area contributed by atoms with Crippen LogP contribution in [0.4, 0.5) is 0 Å². The number of carbonyl (C=O) groups is 1. The molecule has 0 heterocycles. The van der Waals surface area contributed by atoms with E-state index < -0.39 is 0 Å². The highest BCUT2D eigenvalue weighted by atomic mass is 16.1. The molecule has 0 spiro atoms. The molecule has 0 aliphatic carbocycles. The second-order valence-corrected chi connectivity index (χ2v) is 5.99. The molecule has 0 aliphatic heterocycles. The monoisotopic (exact) mass is 295 g/mol. The van der Waals surface area contributed by atoms with Crippen molar-refractivity contribution in [3.63, 3.8) is 0 Å². The largest absolute Gasteiger partial charge is 0.349 e. The minimum absolute atomic E-state index is 0.0828. The van der Waals surface area contributed by atoms with Crippen molar-refractivity contribution in [1.82, 2.24) is 5.32 Å². The van der Waals surface area contributed by atoms with E-state index >= 15 is 0 Å². The number of benzene rings is 2. The van der Waals surface area contributed by atoms with Crippen molar-refractivity contribution in [2.24, 2.45) is 0 Å². The molecule has 2 aromatic rings. The average Bonchev–Trinajstić information content (AvgIpc) is 2.48. The first kappa shape index (κ1) is 16.3. The zero-order valence-corrected chi connectivity index (χ0v) is 13.9. The van der Waals surface area contributed by atoms with Crippen molar-refractivity contribution >= 4 is 5.91 Å². The molecular weight excluding hydrogens is 270 g/mol.